The van der Waals surface area contributed by atoms with Crippen LogP contribution in [0.15, 0.2) is 78.0 Å². The van der Waals surface area contributed by atoms with Crippen LogP contribution in [0.3, 0.4) is 0 Å². The van der Waals surface area contributed by atoms with Crippen molar-refractivity contribution >= 4 is 17.5 Å². The number of para-hydroxylation sites is 2. The molecule has 172 valence electrons. The van der Waals surface area contributed by atoms with Gasteiger partial charge in [0.2, 0.25) is 0 Å². The van der Waals surface area contributed by atoms with Crippen LogP contribution < -0.4 is 9.47 Å². The van der Waals surface area contributed by atoms with Gasteiger partial charge in [0.25, 0.3) is 0 Å². The Bertz CT molecular complexity index is 1320. The second-order valence-electron chi connectivity index (χ2n) is 8.40. The lowest BCUT2D eigenvalue weighted by Crippen LogP contribution is -2.24. The Kier molecular flexibility index (Phi) is 6.11. The van der Waals surface area contributed by atoms with Crippen molar-refractivity contribution in [2.24, 2.45) is 7.05 Å². The van der Waals surface area contributed by atoms with Crippen LogP contribution >= 0.6 is 11.8 Å². The van der Waals surface area contributed by atoms with E-state index in [-0.39, 0.29) is 11.9 Å². The monoisotopic (exact) mass is 471 g/mol. The highest BCUT2D eigenvalue weighted by Crippen LogP contribution is 2.39. The van der Waals surface area contributed by atoms with E-state index in [0.717, 1.165) is 22.4 Å². The SMILES string of the molecule is Cc1ccc(C(=O)[C@H](Sc2nnc([C@@H]3COc4ccccc4O3)n2C)c2ccc(C)cc2)cc1. The summed E-state index contributed by atoms with van der Waals surface area (Å²) in [5, 5.41) is 8.99. The molecule has 7 heteroatoms. The van der Waals surface area contributed by atoms with Gasteiger partial charge >= 0.3 is 0 Å². The summed E-state index contributed by atoms with van der Waals surface area (Å²) in [5.74, 6) is 2.09. The van der Waals surface area contributed by atoms with Gasteiger partial charge < -0.3 is 14.0 Å². The number of aromatic nitrogens is 3. The molecule has 0 radical (unpaired) electrons. The minimum absolute atomic E-state index is 0.0320. The van der Waals surface area contributed by atoms with Gasteiger partial charge in [-0.15, -0.1) is 10.2 Å². The number of ketones is 1. The van der Waals surface area contributed by atoms with Crippen LogP contribution in [0.1, 0.15) is 44.2 Å². The molecule has 2 atom stereocenters. The number of benzene rings is 3. The summed E-state index contributed by atoms with van der Waals surface area (Å²) in [5.41, 5.74) is 3.86. The first kappa shape index (κ1) is 22.2. The van der Waals surface area contributed by atoms with Crippen molar-refractivity contribution < 1.29 is 14.3 Å². The second kappa shape index (κ2) is 9.35. The molecule has 0 spiro atoms. The van der Waals surface area contributed by atoms with Crippen molar-refractivity contribution in [2.45, 2.75) is 30.4 Å². The fourth-order valence-corrected chi connectivity index (χ4v) is 4.93. The highest BCUT2D eigenvalue weighted by atomic mass is 32.2. The van der Waals surface area contributed by atoms with Gasteiger partial charge in [0.05, 0.1) is 0 Å². The van der Waals surface area contributed by atoms with Crippen LogP contribution in [0.2, 0.25) is 0 Å². The molecule has 0 N–H and O–H groups in total. The maximum absolute atomic E-state index is 13.6. The van der Waals surface area contributed by atoms with E-state index < -0.39 is 5.25 Å². The number of aryl methyl sites for hydroxylation is 2. The Balaban J connectivity index is 1.44. The topological polar surface area (TPSA) is 66.2 Å². The maximum atomic E-state index is 13.6. The Morgan fingerprint density at radius 2 is 1.59 bits per heavy atom. The molecule has 1 aliphatic heterocycles. The van der Waals surface area contributed by atoms with Crippen molar-refractivity contribution in [1.82, 2.24) is 14.8 Å². The number of rotatable bonds is 6. The first-order valence-electron chi connectivity index (χ1n) is 11.1. The zero-order valence-corrected chi connectivity index (χ0v) is 20.1. The smallest absolute Gasteiger partial charge is 0.192 e. The average Bonchev–Trinajstić information content (AvgIpc) is 3.23. The standard InChI is InChI=1S/C27H25N3O3S/c1-17-8-12-19(13-9-17)24(31)25(20-14-10-18(2)11-15-20)34-27-29-28-26(30(27)3)23-16-32-21-6-4-5-7-22(21)33-23/h4-15,23,25H,16H2,1-3H3/t23-,25+/m0/s1. The number of Topliss-reactive ketones (excluding diaryl/α,β-unsaturated/α-hetero) is 1. The lowest BCUT2D eigenvalue weighted by molar-refractivity contribution is 0.0825. The fraction of sp³-hybridized carbons (Fsp3) is 0.222. The lowest BCUT2D eigenvalue weighted by Gasteiger charge is -2.25. The highest BCUT2D eigenvalue weighted by molar-refractivity contribution is 8.00. The summed E-state index contributed by atoms with van der Waals surface area (Å²) >= 11 is 1.40. The Hall–Kier alpha value is -3.58. The van der Waals surface area contributed by atoms with Crippen LogP contribution in [0.5, 0.6) is 11.5 Å². The molecule has 0 bridgehead atoms. The van der Waals surface area contributed by atoms with Crippen molar-refractivity contribution in [3.05, 3.63) is 101 Å². The number of hydrogen-bond donors (Lipinski definition) is 0. The van der Waals surface area contributed by atoms with Crippen LogP contribution in [-0.4, -0.2) is 27.2 Å². The van der Waals surface area contributed by atoms with Crippen molar-refractivity contribution in [3.8, 4) is 11.5 Å². The first-order chi connectivity index (χ1) is 16.5. The summed E-state index contributed by atoms with van der Waals surface area (Å²) in [6.07, 6.45) is -0.382. The molecule has 2 heterocycles. The molecule has 1 aromatic heterocycles. The van der Waals surface area contributed by atoms with Gasteiger partial charge in [-0.05, 0) is 31.5 Å². The minimum atomic E-state index is -0.455. The van der Waals surface area contributed by atoms with E-state index in [1.54, 1.807) is 0 Å². The Labute approximate surface area is 202 Å². The molecule has 1 aliphatic rings. The number of fused-ring (bicyclic) bond motifs is 1. The van der Waals surface area contributed by atoms with Gasteiger partial charge in [-0.1, -0.05) is 83.6 Å². The van der Waals surface area contributed by atoms with Crippen LogP contribution in [0, 0.1) is 13.8 Å². The second-order valence-corrected chi connectivity index (χ2v) is 9.48. The number of nitrogens with zero attached hydrogens (tertiary/aromatic N) is 3. The number of carbonyl (C=O) groups is 1. The van der Waals surface area contributed by atoms with E-state index in [1.807, 2.05) is 98.3 Å². The normalized spacial score (nSPS) is 15.7. The van der Waals surface area contributed by atoms with Crippen LogP contribution in [0.25, 0.3) is 0 Å². The molecule has 5 rings (SSSR count). The van der Waals surface area contributed by atoms with Crippen molar-refractivity contribution in [3.63, 3.8) is 0 Å². The molecule has 0 saturated carbocycles. The molecular weight excluding hydrogens is 446 g/mol. The lowest BCUT2D eigenvalue weighted by atomic mass is 10.0. The van der Waals surface area contributed by atoms with E-state index in [9.17, 15) is 4.79 Å². The number of carbonyl (C=O) groups excluding carboxylic acids is 1. The summed E-state index contributed by atoms with van der Waals surface area (Å²) in [6, 6.07) is 23.3. The van der Waals surface area contributed by atoms with Gasteiger partial charge in [-0.3, -0.25) is 4.79 Å². The maximum Gasteiger partial charge on any atom is 0.192 e. The highest BCUT2D eigenvalue weighted by Gasteiger charge is 2.30. The van der Waals surface area contributed by atoms with E-state index in [1.165, 1.54) is 11.8 Å². The number of thioether (sulfide) groups is 1. The summed E-state index contributed by atoms with van der Waals surface area (Å²) in [7, 11) is 1.89. The molecule has 3 aromatic carbocycles. The summed E-state index contributed by atoms with van der Waals surface area (Å²) in [6.45, 7) is 4.39. The van der Waals surface area contributed by atoms with Crippen molar-refractivity contribution in [1.29, 1.82) is 0 Å². The molecular formula is C27H25N3O3S. The average molecular weight is 472 g/mol. The molecule has 34 heavy (non-hydrogen) atoms. The van der Waals surface area contributed by atoms with Gasteiger partial charge in [0, 0.05) is 12.6 Å². The molecule has 0 saturated heterocycles. The predicted octanol–water partition coefficient (Wildman–Crippen LogP) is 5.66. The van der Waals surface area contributed by atoms with E-state index in [0.29, 0.717) is 28.9 Å². The molecule has 0 unspecified atom stereocenters. The van der Waals surface area contributed by atoms with E-state index >= 15 is 0 Å². The zero-order chi connectivity index (χ0) is 23.7. The predicted molar refractivity (Wildman–Crippen MR) is 132 cm³/mol. The van der Waals surface area contributed by atoms with Crippen LogP contribution in [0.4, 0.5) is 0 Å². The number of hydrogen-bond acceptors (Lipinski definition) is 6. The first-order valence-corrected chi connectivity index (χ1v) is 12.0. The molecule has 6 nitrogen and oxygen atoms in total. The Morgan fingerprint density at radius 3 is 2.29 bits per heavy atom. The third kappa shape index (κ3) is 4.43. The van der Waals surface area contributed by atoms with E-state index in [4.69, 9.17) is 9.47 Å². The third-order valence-electron chi connectivity index (χ3n) is 5.84. The molecule has 4 aromatic rings. The zero-order valence-electron chi connectivity index (χ0n) is 19.3. The quantitative estimate of drug-likeness (QED) is 0.267. The summed E-state index contributed by atoms with van der Waals surface area (Å²) < 4.78 is 13.9. The number of ether oxygens (including phenoxy) is 2. The fourth-order valence-electron chi connectivity index (χ4n) is 3.84. The minimum Gasteiger partial charge on any atom is -0.485 e. The Morgan fingerprint density at radius 1 is 0.941 bits per heavy atom. The molecule has 0 fully saturated rings. The van der Waals surface area contributed by atoms with Gasteiger partial charge in [0.1, 0.15) is 11.9 Å². The van der Waals surface area contributed by atoms with Gasteiger partial charge in [0.15, 0.2) is 34.4 Å². The third-order valence-corrected chi connectivity index (χ3v) is 7.13. The largest absolute Gasteiger partial charge is 0.485 e. The van der Waals surface area contributed by atoms with Gasteiger partial charge in [-0.2, -0.15) is 0 Å². The molecule has 0 amide bonds. The van der Waals surface area contributed by atoms with Crippen LogP contribution in [-0.2, 0) is 7.05 Å². The molecule has 0 aliphatic carbocycles. The summed E-state index contributed by atoms with van der Waals surface area (Å²) in [4.78, 5) is 13.6. The van der Waals surface area contributed by atoms with Crippen molar-refractivity contribution in [2.75, 3.05) is 6.61 Å². The van der Waals surface area contributed by atoms with Gasteiger partial charge in [-0.25, -0.2) is 0 Å². The van der Waals surface area contributed by atoms with E-state index in [2.05, 4.69) is 10.2 Å².